The van der Waals surface area contributed by atoms with Gasteiger partial charge in [-0.2, -0.15) is 0 Å². The Morgan fingerprint density at radius 2 is 1.90 bits per heavy atom. The molecule has 0 spiro atoms. The normalized spacial score (nSPS) is 14.6. The zero-order chi connectivity index (χ0) is 14.1. The van der Waals surface area contributed by atoms with Gasteiger partial charge in [-0.05, 0) is 48.7 Å². The monoisotopic (exact) mass is 293 g/mol. The molecule has 0 saturated heterocycles. The van der Waals surface area contributed by atoms with E-state index in [1.54, 1.807) is 12.1 Å². The Hall–Kier alpha value is -1.45. The van der Waals surface area contributed by atoms with E-state index in [1.807, 2.05) is 0 Å². The van der Waals surface area contributed by atoms with Crippen LogP contribution >= 0.6 is 11.6 Å². The lowest BCUT2D eigenvalue weighted by Gasteiger charge is -2.09. The van der Waals surface area contributed by atoms with Gasteiger partial charge in [0.1, 0.15) is 11.6 Å². The molecule has 1 fully saturated rings. The van der Waals surface area contributed by atoms with Crippen LogP contribution < -0.4 is 5.32 Å². The molecule has 0 aromatic heterocycles. The highest BCUT2D eigenvalue weighted by Crippen LogP contribution is 2.30. The summed E-state index contributed by atoms with van der Waals surface area (Å²) in [6.45, 7) is 0.483. The number of hydrogen-bond acceptors (Lipinski definition) is 1. The first-order chi connectivity index (χ1) is 9.63. The van der Waals surface area contributed by atoms with Crippen molar-refractivity contribution in [1.82, 2.24) is 5.32 Å². The summed E-state index contributed by atoms with van der Waals surface area (Å²) in [4.78, 5) is 0. The van der Waals surface area contributed by atoms with Gasteiger partial charge in [0.2, 0.25) is 0 Å². The van der Waals surface area contributed by atoms with Crippen LogP contribution in [0.15, 0.2) is 36.4 Å². The lowest BCUT2D eigenvalue weighted by molar-refractivity contribution is 0.587. The van der Waals surface area contributed by atoms with Gasteiger partial charge in [0, 0.05) is 28.7 Å². The van der Waals surface area contributed by atoms with E-state index in [-0.39, 0.29) is 11.6 Å². The quantitative estimate of drug-likeness (QED) is 0.873. The first kappa shape index (κ1) is 13.5. The second-order valence-corrected chi connectivity index (χ2v) is 5.49. The molecule has 0 bridgehead atoms. The van der Waals surface area contributed by atoms with E-state index in [0.29, 0.717) is 28.7 Å². The van der Waals surface area contributed by atoms with Crippen molar-refractivity contribution >= 4 is 11.6 Å². The van der Waals surface area contributed by atoms with Crippen molar-refractivity contribution in [2.75, 3.05) is 0 Å². The van der Waals surface area contributed by atoms with Gasteiger partial charge in [0.25, 0.3) is 0 Å². The van der Waals surface area contributed by atoms with Crippen LogP contribution in [0.5, 0.6) is 0 Å². The molecular weight excluding hydrogens is 280 g/mol. The van der Waals surface area contributed by atoms with E-state index >= 15 is 0 Å². The van der Waals surface area contributed by atoms with Gasteiger partial charge in [-0.3, -0.25) is 0 Å². The van der Waals surface area contributed by atoms with E-state index < -0.39 is 0 Å². The van der Waals surface area contributed by atoms with Crippen molar-refractivity contribution in [3.8, 4) is 11.1 Å². The van der Waals surface area contributed by atoms with Crippen LogP contribution in [0.1, 0.15) is 18.4 Å². The summed E-state index contributed by atoms with van der Waals surface area (Å²) >= 11 is 6.08. The number of nitrogens with one attached hydrogen (secondary N) is 1. The largest absolute Gasteiger partial charge is 0.310 e. The molecule has 1 saturated carbocycles. The smallest absolute Gasteiger partial charge is 0.127 e. The molecule has 0 aliphatic heterocycles. The van der Waals surface area contributed by atoms with Crippen molar-refractivity contribution < 1.29 is 8.78 Å². The molecule has 2 aromatic carbocycles. The maximum atomic E-state index is 13.8. The highest BCUT2D eigenvalue weighted by molar-refractivity contribution is 6.33. The average Bonchev–Trinajstić information content (AvgIpc) is 3.25. The molecule has 0 unspecified atom stereocenters. The Kier molecular flexibility index (Phi) is 3.72. The summed E-state index contributed by atoms with van der Waals surface area (Å²) in [7, 11) is 0. The van der Waals surface area contributed by atoms with E-state index in [1.165, 1.54) is 24.3 Å². The molecule has 1 aliphatic rings. The molecule has 3 rings (SSSR count). The molecule has 104 valence electrons. The fourth-order valence-corrected chi connectivity index (χ4v) is 2.36. The second-order valence-electron chi connectivity index (χ2n) is 5.09. The van der Waals surface area contributed by atoms with Crippen LogP contribution in [0.2, 0.25) is 5.02 Å². The molecule has 0 amide bonds. The highest BCUT2D eigenvalue weighted by atomic mass is 35.5. The molecule has 0 radical (unpaired) electrons. The zero-order valence-electron chi connectivity index (χ0n) is 10.8. The minimum Gasteiger partial charge on any atom is -0.310 e. The summed E-state index contributed by atoms with van der Waals surface area (Å²) in [6.07, 6.45) is 2.30. The average molecular weight is 294 g/mol. The third-order valence-electron chi connectivity index (χ3n) is 3.44. The molecule has 2 aromatic rings. The van der Waals surface area contributed by atoms with Crippen LogP contribution in [0.25, 0.3) is 11.1 Å². The Morgan fingerprint density at radius 1 is 1.10 bits per heavy atom. The van der Waals surface area contributed by atoms with E-state index in [9.17, 15) is 8.78 Å². The standard InChI is InChI=1S/C16H14ClF2N/c17-15-5-2-12(18)8-14(15)10-1-6-16(19)11(7-10)9-20-13-3-4-13/h1-2,5-8,13,20H,3-4,9H2. The topological polar surface area (TPSA) is 12.0 Å². The lowest BCUT2D eigenvalue weighted by Crippen LogP contribution is -2.16. The fourth-order valence-electron chi connectivity index (χ4n) is 2.14. The highest BCUT2D eigenvalue weighted by Gasteiger charge is 2.20. The third-order valence-corrected chi connectivity index (χ3v) is 3.77. The molecule has 4 heteroatoms. The number of benzene rings is 2. The van der Waals surface area contributed by atoms with Gasteiger partial charge in [-0.1, -0.05) is 17.7 Å². The zero-order valence-corrected chi connectivity index (χ0v) is 11.6. The second kappa shape index (κ2) is 5.51. The summed E-state index contributed by atoms with van der Waals surface area (Å²) < 4.78 is 27.1. The van der Waals surface area contributed by atoms with Gasteiger partial charge in [0.05, 0.1) is 0 Å². The lowest BCUT2D eigenvalue weighted by atomic mass is 10.0. The Balaban J connectivity index is 1.92. The summed E-state index contributed by atoms with van der Waals surface area (Å²) in [5.41, 5.74) is 1.89. The minimum atomic E-state index is -0.355. The van der Waals surface area contributed by atoms with Crippen molar-refractivity contribution in [1.29, 1.82) is 0 Å². The summed E-state index contributed by atoms with van der Waals surface area (Å²) in [5.74, 6) is -0.610. The van der Waals surface area contributed by atoms with Gasteiger partial charge in [-0.25, -0.2) is 8.78 Å². The minimum absolute atomic E-state index is 0.255. The van der Waals surface area contributed by atoms with Crippen LogP contribution in [0, 0.1) is 11.6 Å². The summed E-state index contributed by atoms with van der Waals surface area (Å²) in [5, 5.41) is 3.73. The Bertz CT molecular complexity index is 638. The maximum Gasteiger partial charge on any atom is 0.127 e. The van der Waals surface area contributed by atoms with E-state index in [4.69, 9.17) is 11.6 Å². The molecule has 0 atom stereocenters. The predicted octanol–water partition coefficient (Wildman–Crippen LogP) is 4.54. The number of halogens is 3. The SMILES string of the molecule is Fc1ccc(Cl)c(-c2ccc(F)c(CNC3CC3)c2)c1. The Labute approximate surface area is 121 Å². The van der Waals surface area contributed by atoms with Crippen LogP contribution in [-0.2, 0) is 6.54 Å². The molecular formula is C16H14ClF2N. The van der Waals surface area contributed by atoms with Crippen molar-refractivity contribution in [3.63, 3.8) is 0 Å². The summed E-state index contributed by atoms with van der Waals surface area (Å²) in [6, 6.07) is 9.45. The first-order valence-corrected chi connectivity index (χ1v) is 6.98. The van der Waals surface area contributed by atoms with Gasteiger partial charge in [-0.15, -0.1) is 0 Å². The van der Waals surface area contributed by atoms with Gasteiger partial charge in [0.15, 0.2) is 0 Å². The molecule has 20 heavy (non-hydrogen) atoms. The molecule has 1 N–H and O–H groups in total. The fraction of sp³-hybridized carbons (Fsp3) is 0.250. The third kappa shape index (κ3) is 3.00. The maximum absolute atomic E-state index is 13.8. The molecule has 1 nitrogen and oxygen atoms in total. The van der Waals surface area contributed by atoms with Crippen molar-refractivity contribution in [2.24, 2.45) is 0 Å². The van der Waals surface area contributed by atoms with E-state index in [0.717, 1.165) is 18.4 Å². The van der Waals surface area contributed by atoms with Crippen LogP contribution in [0.4, 0.5) is 8.78 Å². The number of rotatable bonds is 4. The first-order valence-electron chi connectivity index (χ1n) is 6.61. The van der Waals surface area contributed by atoms with Crippen molar-refractivity contribution in [2.45, 2.75) is 25.4 Å². The van der Waals surface area contributed by atoms with Crippen molar-refractivity contribution in [3.05, 3.63) is 58.6 Å². The van der Waals surface area contributed by atoms with Crippen LogP contribution in [-0.4, -0.2) is 6.04 Å². The molecule has 1 aliphatic carbocycles. The van der Waals surface area contributed by atoms with Gasteiger partial charge < -0.3 is 5.32 Å². The van der Waals surface area contributed by atoms with E-state index in [2.05, 4.69) is 5.32 Å². The molecule has 0 heterocycles. The van der Waals surface area contributed by atoms with Gasteiger partial charge >= 0.3 is 0 Å². The Morgan fingerprint density at radius 3 is 2.65 bits per heavy atom. The van der Waals surface area contributed by atoms with Crippen LogP contribution in [0.3, 0.4) is 0 Å². The predicted molar refractivity (Wildman–Crippen MR) is 76.7 cm³/mol. The number of hydrogen-bond donors (Lipinski definition) is 1.